The highest BCUT2D eigenvalue weighted by Crippen LogP contribution is 2.14. The van der Waals surface area contributed by atoms with E-state index in [1.54, 1.807) is 0 Å². The fraction of sp³-hybridized carbons (Fsp3) is 0.200. The number of halogens is 1. The van der Waals surface area contributed by atoms with Crippen molar-refractivity contribution in [3.05, 3.63) is 35.6 Å². The van der Waals surface area contributed by atoms with Gasteiger partial charge in [-0.1, -0.05) is 12.1 Å². The van der Waals surface area contributed by atoms with Crippen LogP contribution >= 0.6 is 0 Å². The Hall–Kier alpha value is -2.11. The smallest absolute Gasteiger partial charge is 0.407 e. The van der Waals surface area contributed by atoms with E-state index in [9.17, 15) is 14.0 Å². The van der Waals surface area contributed by atoms with Gasteiger partial charge in [0.15, 0.2) is 6.04 Å². The zero-order valence-electron chi connectivity index (χ0n) is 8.44. The van der Waals surface area contributed by atoms with E-state index in [0.29, 0.717) is 0 Å². The third-order valence-electron chi connectivity index (χ3n) is 1.88. The Bertz CT molecular complexity index is 408. The molecular weight excluding hydrogens is 217 g/mol. The second-order valence-corrected chi connectivity index (χ2v) is 2.96. The largest absolute Gasteiger partial charge is 0.479 e. The molecule has 0 aromatic heterocycles. The van der Waals surface area contributed by atoms with Gasteiger partial charge in [-0.3, -0.25) is 0 Å². The van der Waals surface area contributed by atoms with Gasteiger partial charge in [0, 0.05) is 0 Å². The number of carboxylic acid groups (broad SMARTS) is 1. The van der Waals surface area contributed by atoms with E-state index >= 15 is 0 Å². The van der Waals surface area contributed by atoms with Gasteiger partial charge in [0.2, 0.25) is 0 Å². The summed E-state index contributed by atoms with van der Waals surface area (Å²) in [5.74, 6) is -1.87. The van der Waals surface area contributed by atoms with Gasteiger partial charge in [0.1, 0.15) is 5.82 Å². The Morgan fingerprint density at radius 1 is 1.50 bits per heavy atom. The van der Waals surface area contributed by atoms with Crippen molar-refractivity contribution in [1.82, 2.24) is 5.32 Å². The summed E-state index contributed by atoms with van der Waals surface area (Å²) in [5, 5.41) is 11.0. The number of benzene rings is 1. The summed E-state index contributed by atoms with van der Waals surface area (Å²) in [6.45, 7) is 0. The monoisotopic (exact) mass is 227 g/mol. The van der Waals surface area contributed by atoms with E-state index in [1.807, 2.05) is 0 Å². The van der Waals surface area contributed by atoms with Crippen LogP contribution in [0.1, 0.15) is 11.6 Å². The quantitative estimate of drug-likeness (QED) is 0.816. The molecule has 6 heteroatoms. The van der Waals surface area contributed by atoms with Crippen molar-refractivity contribution in [3.8, 4) is 0 Å². The summed E-state index contributed by atoms with van der Waals surface area (Å²) in [5.41, 5.74) is 0.137. The van der Waals surface area contributed by atoms with Crippen LogP contribution in [0, 0.1) is 5.82 Å². The first-order chi connectivity index (χ1) is 7.54. The number of carboxylic acids is 1. The van der Waals surface area contributed by atoms with E-state index in [2.05, 4.69) is 10.1 Å². The number of carbonyl (C=O) groups excluding carboxylic acids is 1. The second-order valence-electron chi connectivity index (χ2n) is 2.96. The summed E-state index contributed by atoms with van der Waals surface area (Å²) >= 11 is 0. The fourth-order valence-electron chi connectivity index (χ4n) is 1.15. The SMILES string of the molecule is COC(=O)N[C@H](C(=O)O)c1cccc(F)c1. The molecule has 86 valence electrons. The third kappa shape index (κ3) is 2.94. The first kappa shape index (κ1) is 12.0. The molecule has 0 aliphatic heterocycles. The molecular formula is C10H10FNO4. The fourth-order valence-corrected chi connectivity index (χ4v) is 1.15. The Labute approximate surface area is 90.8 Å². The van der Waals surface area contributed by atoms with E-state index < -0.39 is 23.9 Å². The van der Waals surface area contributed by atoms with E-state index in [-0.39, 0.29) is 5.56 Å². The van der Waals surface area contributed by atoms with E-state index in [0.717, 1.165) is 13.2 Å². The maximum atomic E-state index is 12.9. The number of alkyl carbamates (subject to hydrolysis) is 1. The van der Waals surface area contributed by atoms with Crippen LogP contribution in [0.4, 0.5) is 9.18 Å². The molecule has 5 nitrogen and oxygen atoms in total. The number of rotatable bonds is 3. The Balaban J connectivity index is 2.94. The Kier molecular flexibility index (Phi) is 3.82. The van der Waals surface area contributed by atoms with Crippen LogP contribution in [0.15, 0.2) is 24.3 Å². The highest BCUT2D eigenvalue weighted by Gasteiger charge is 2.22. The lowest BCUT2D eigenvalue weighted by molar-refractivity contribution is -0.139. The topological polar surface area (TPSA) is 75.6 Å². The van der Waals surface area contributed by atoms with Crippen LogP contribution in [0.3, 0.4) is 0 Å². The summed E-state index contributed by atoms with van der Waals surface area (Å²) in [6.07, 6.45) is -0.892. The number of aliphatic carboxylic acids is 1. The number of amides is 1. The molecule has 0 radical (unpaired) electrons. The molecule has 16 heavy (non-hydrogen) atoms. The molecule has 1 aromatic carbocycles. The van der Waals surface area contributed by atoms with Gasteiger partial charge in [-0.15, -0.1) is 0 Å². The molecule has 0 saturated heterocycles. The van der Waals surface area contributed by atoms with Crippen molar-refractivity contribution in [2.24, 2.45) is 0 Å². The van der Waals surface area contributed by atoms with Crippen molar-refractivity contribution in [1.29, 1.82) is 0 Å². The standard InChI is InChI=1S/C10H10FNO4/c1-16-10(15)12-8(9(13)14)6-3-2-4-7(11)5-6/h2-5,8H,1H3,(H,12,15)(H,13,14)/t8-/m0/s1. The molecule has 1 aromatic rings. The molecule has 0 saturated carbocycles. The van der Waals surface area contributed by atoms with Gasteiger partial charge in [-0.2, -0.15) is 0 Å². The van der Waals surface area contributed by atoms with E-state index in [1.165, 1.54) is 18.2 Å². The molecule has 1 atom stereocenters. The number of hydrogen-bond donors (Lipinski definition) is 2. The van der Waals surface area contributed by atoms with Gasteiger partial charge in [0.05, 0.1) is 7.11 Å². The molecule has 1 amide bonds. The molecule has 0 heterocycles. The highest BCUT2D eigenvalue weighted by molar-refractivity contribution is 5.81. The summed E-state index contributed by atoms with van der Waals surface area (Å²) in [7, 11) is 1.11. The molecule has 0 bridgehead atoms. The molecule has 0 unspecified atom stereocenters. The average Bonchev–Trinajstić information content (AvgIpc) is 2.25. The minimum Gasteiger partial charge on any atom is -0.479 e. The first-order valence-electron chi connectivity index (χ1n) is 4.37. The van der Waals surface area contributed by atoms with Crippen LogP contribution in [-0.2, 0) is 9.53 Å². The number of methoxy groups -OCH3 is 1. The van der Waals surface area contributed by atoms with Gasteiger partial charge >= 0.3 is 12.1 Å². The maximum Gasteiger partial charge on any atom is 0.407 e. The van der Waals surface area contributed by atoms with Gasteiger partial charge in [-0.05, 0) is 17.7 Å². The lowest BCUT2D eigenvalue weighted by atomic mass is 10.1. The predicted octanol–water partition coefficient (Wildman–Crippen LogP) is 1.31. The molecule has 2 N–H and O–H groups in total. The first-order valence-corrected chi connectivity index (χ1v) is 4.37. The lowest BCUT2D eigenvalue weighted by Gasteiger charge is -2.13. The van der Waals surface area contributed by atoms with Gasteiger partial charge in [0.25, 0.3) is 0 Å². The Morgan fingerprint density at radius 2 is 2.19 bits per heavy atom. The molecule has 1 rings (SSSR count). The number of hydrogen-bond acceptors (Lipinski definition) is 3. The predicted molar refractivity (Wildman–Crippen MR) is 52.3 cm³/mol. The van der Waals surface area contributed by atoms with Crippen molar-refractivity contribution >= 4 is 12.1 Å². The van der Waals surface area contributed by atoms with Gasteiger partial charge < -0.3 is 15.2 Å². The van der Waals surface area contributed by atoms with E-state index in [4.69, 9.17) is 5.11 Å². The molecule has 0 fully saturated rings. The maximum absolute atomic E-state index is 12.9. The average molecular weight is 227 g/mol. The van der Waals surface area contributed by atoms with Crippen molar-refractivity contribution in [2.45, 2.75) is 6.04 Å². The van der Waals surface area contributed by atoms with Crippen LogP contribution in [0.5, 0.6) is 0 Å². The number of carbonyl (C=O) groups is 2. The van der Waals surface area contributed by atoms with Crippen molar-refractivity contribution < 1.29 is 23.8 Å². The lowest BCUT2D eigenvalue weighted by Crippen LogP contribution is -2.33. The summed E-state index contributed by atoms with van der Waals surface area (Å²) in [4.78, 5) is 21.8. The Morgan fingerprint density at radius 3 is 2.69 bits per heavy atom. The zero-order chi connectivity index (χ0) is 12.1. The van der Waals surface area contributed by atoms with Crippen molar-refractivity contribution in [3.63, 3.8) is 0 Å². The highest BCUT2D eigenvalue weighted by atomic mass is 19.1. The summed E-state index contributed by atoms with van der Waals surface area (Å²) < 4.78 is 17.1. The van der Waals surface area contributed by atoms with Crippen molar-refractivity contribution in [2.75, 3.05) is 7.11 Å². The minimum atomic E-state index is -1.33. The van der Waals surface area contributed by atoms with Crippen LogP contribution in [0.25, 0.3) is 0 Å². The third-order valence-corrected chi connectivity index (χ3v) is 1.88. The number of nitrogens with one attached hydrogen (secondary N) is 1. The molecule has 0 aliphatic carbocycles. The van der Waals surface area contributed by atoms with Crippen LogP contribution in [-0.4, -0.2) is 24.3 Å². The van der Waals surface area contributed by atoms with Crippen LogP contribution in [0.2, 0.25) is 0 Å². The molecule has 0 aliphatic rings. The van der Waals surface area contributed by atoms with Crippen LogP contribution < -0.4 is 5.32 Å². The summed E-state index contributed by atoms with van der Waals surface area (Å²) in [6, 6.07) is 3.65. The normalized spacial score (nSPS) is 11.6. The zero-order valence-corrected chi connectivity index (χ0v) is 8.44. The molecule has 0 spiro atoms. The second kappa shape index (κ2) is 5.11. The minimum absolute atomic E-state index is 0.137. The van der Waals surface area contributed by atoms with Gasteiger partial charge in [-0.25, -0.2) is 14.0 Å². The number of ether oxygens (including phenoxy) is 1.